The summed E-state index contributed by atoms with van der Waals surface area (Å²) in [5.41, 5.74) is 2.91. The van der Waals surface area contributed by atoms with Gasteiger partial charge in [0.25, 0.3) is 0 Å². The molecule has 0 saturated heterocycles. The Morgan fingerprint density at radius 2 is 2.07 bits per heavy atom. The molecular formula is C12H12O3. The van der Waals surface area contributed by atoms with E-state index >= 15 is 0 Å². The number of methoxy groups -OCH3 is 1. The van der Waals surface area contributed by atoms with Crippen molar-refractivity contribution in [2.75, 3.05) is 7.11 Å². The van der Waals surface area contributed by atoms with Crippen molar-refractivity contribution in [1.82, 2.24) is 0 Å². The Bertz CT molecular complexity index is 523. The summed E-state index contributed by atoms with van der Waals surface area (Å²) < 4.78 is 10.6. The van der Waals surface area contributed by atoms with Gasteiger partial charge in [-0.15, -0.1) is 0 Å². The summed E-state index contributed by atoms with van der Waals surface area (Å²) in [6.07, 6.45) is 0.674. The molecular weight excluding hydrogens is 192 g/mol. The number of fused-ring (bicyclic) bond motifs is 1. The molecule has 0 bridgehead atoms. The molecule has 0 aliphatic heterocycles. The SMILES string of the molecule is COc1c(C=O)oc2c(C)c(C)ccc12. The van der Waals surface area contributed by atoms with Crippen molar-refractivity contribution >= 4 is 17.3 Å². The summed E-state index contributed by atoms with van der Waals surface area (Å²) in [4.78, 5) is 10.8. The number of ether oxygens (including phenoxy) is 1. The molecule has 3 heteroatoms. The zero-order chi connectivity index (χ0) is 11.0. The predicted molar refractivity (Wildman–Crippen MR) is 57.6 cm³/mol. The average molecular weight is 204 g/mol. The maximum absolute atomic E-state index is 10.8. The minimum atomic E-state index is 0.251. The molecule has 0 unspecified atom stereocenters. The first-order chi connectivity index (χ1) is 7.19. The van der Waals surface area contributed by atoms with E-state index in [9.17, 15) is 4.79 Å². The largest absolute Gasteiger partial charge is 0.492 e. The Morgan fingerprint density at radius 1 is 1.33 bits per heavy atom. The van der Waals surface area contributed by atoms with E-state index in [1.54, 1.807) is 0 Å². The Balaban J connectivity index is 2.87. The van der Waals surface area contributed by atoms with Gasteiger partial charge in [0, 0.05) is 0 Å². The smallest absolute Gasteiger partial charge is 0.209 e. The summed E-state index contributed by atoms with van der Waals surface area (Å²) in [6.45, 7) is 3.97. The second kappa shape index (κ2) is 3.42. The van der Waals surface area contributed by atoms with Gasteiger partial charge in [-0.05, 0) is 31.0 Å². The Kier molecular flexibility index (Phi) is 2.23. The van der Waals surface area contributed by atoms with Crippen LogP contribution in [0.5, 0.6) is 5.75 Å². The van der Waals surface area contributed by atoms with E-state index in [2.05, 4.69) is 0 Å². The molecule has 2 aromatic rings. The third-order valence-corrected chi connectivity index (χ3v) is 2.67. The number of rotatable bonds is 2. The fraction of sp³-hybridized carbons (Fsp3) is 0.250. The first kappa shape index (κ1) is 9.77. The number of aldehydes is 1. The number of carbonyl (C=O) groups is 1. The van der Waals surface area contributed by atoms with E-state index in [1.165, 1.54) is 7.11 Å². The maximum atomic E-state index is 10.8. The van der Waals surface area contributed by atoms with Crippen LogP contribution in [0.2, 0.25) is 0 Å². The van der Waals surface area contributed by atoms with Crippen LogP contribution >= 0.6 is 0 Å². The predicted octanol–water partition coefficient (Wildman–Crippen LogP) is 2.87. The lowest BCUT2D eigenvalue weighted by atomic mass is 10.1. The molecule has 2 rings (SSSR count). The van der Waals surface area contributed by atoms with Gasteiger partial charge in [0.2, 0.25) is 5.76 Å². The van der Waals surface area contributed by atoms with Crippen LogP contribution in [0.15, 0.2) is 16.5 Å². The normalized spacial score (nSPS) is 10.6. The number of benzene rings is 1. The Labute approximate surface area is 87.6 Å². The molecule has 0 amide bonds. The van der Waals surface area contributed by atoms with Gasteiger partial charge < -0.3 is 9.15 Å². The van der Waals surface area contributed by atoms with Crippen molar-refractivity contribution in [2.45, 2.75) is 13.8 Å². The van der Waals surface area contributed by atoms with Crippen molar-refractivity contribution in [3.63, 3.8) is 0 Å². The molecule has 1 aromatic carbocycles. The zero-order valence-electron chi connectivity index (χ0n) is 8.96. The summed E-state index contributed by atoms with van der Waals surface area (Å²) in [5.74, 6) is 0.768. The van der Waals surface area contributed by atoms with Crippen LogP contribution < -0.4 is 4.74 Å². The van der Waals surface area contributed by atoms with Gasteiger partial charge in [-0.2, -0.15) is 0 Å². The van der Waals surface area contributed by atoms with Crippen LogP contribution in [0, 0.1) is 13.8 Å². The van der Waals surface area contributed by atoms with Gasteiger partial charge in [0.1, 0.15) is 5.58 Å². The summed E-state index contributed by atoms with van der Waals surface area (Å²) in [6, 6.07) is 3.90. The molecule has 0 aliphatic carbocycles. The minimum Gasteiger partial charge on any atom is -0.492 e. The maximum Gasteiger partial charge on any atom is 0.209 e. The van der Waals surface area contributed by atoms with Crippen LogP contribution in [0.3, 0.4) is 0 Å². The quantitative estimate of drug-likeness (QED) is 0.706. The molecule has 0 fully saturated rings. The average Bonchev–Trinajstić information content (AvgIpc) is 2.61. The lowest BCUT2D eigenvalue weighted by Gasteiger charge is -1.99. The molecule has 0 atom stereocenters. The van der Waals surface area contributed by atoms with E-state index < -0.39 is 0 Å². The second-order valence-corrected chi connectivity index (χ2v) is 3.50. The number of hydrogen-bond donors (Lipinski definition) is 0. The highest BCUT2D eigenvalue weighted by molar-refractivity contribution is 5.94. The zero-order valence-corrected chi connectivity index (χ0v) is 8.96. The lowest BCUT2D eigenvalue weighted by molar-refractivity contribution is 0.109. The van der Waals surface area contributed by atoms with Crippen LogP contribution in [-0.4, -0.2) is 13.4 Å². The third kappa shape index (κ3) is 1.31. The highest BCUT2D eigenvalue weighted by Crippen LogP contribution is 2.34. The number of carbonyl (C=O) groups excluding carboxylic acids is 1. The topological polar surface area (TPSA) is 39.4 Å². The van der Waals surface area contributed by atoms with Gasteiger partial charge >= 0.3 is 0 Å². The van der Waals surface area contributed by atoms with Crippen molar-refractivity contribution in [3.05, 3.63) is 29.0 Å². The number of aryl methyl sites for hydroxylation is 2. The molecule has 3 nitrogen and oxygen atoms in total. The van der Waals surface area contributed by atoms with E-state index in [-0.39, 0.29) is 5.76 Å². The van der Waals surface area contributed by atoms with Crippen molar-refractivity contribution < 1.29 is 13.9 Å². The summed E-state index contributed by atoms with van der Waals surface area (Å²) in [7, 11) is 1.53. The summed E-state index contributed by atoms with van der Waals surface area (Å²) >= 11 is 0. The highest BCUT2D eigenvalue weighted by Gasteiger charge is 2.16. The van der Waals surface area contributed by atoms with E-state index in [0.29, 0.717) is 12.0 Å². The summed E-state index contributed by atoms with van der Waals surface area (Å²) in [5, 5.41) is 0.850. The minimum absolute atomic E-state index is 0.251. The van der Waals surface area contributed by atoms with E-state index in [4.69, 9.17) is 9.15 Å². The molecule has 15 heavy (non-hydrogen) atoms. The molecule has 1 heterocycles. The van der Waals surface area contributed by atoms with Crippen LogP contribution in [0.4, 0.5) is 0 Å². The van der Waals surface area contributed by atoms with Crippen LogP contribution in [0.1, 0.15) is 21.7 Å². The van der Waals surface area contributed by atoms with Crippen molar-refractivity contribution in [1.29, 1.82) is 0 Å². The van der Waals surface area contributed by atoms with Gasteiger partial charge in [0.15, 0.2) is 12.0 Å². The lowest BCUT2D eigenvalue weighted by Crippen LogP contribution is -1.85. The van der Waals surface area contributed by atoms with Gasteiger partial charge in [-0.25, -0.2) is 0 Å². The highest BCUT2D eigenvalue weighted by atomic mass is 16.5. The monoisotopic (exact) mass is 204 g/mol. The third-order valence-electron chi connectivity index (χ3n) is 2.67. The van der Waals surface area contributed by atoms with E-state index in [0.717, 1.165) is 22.1 Å². The molecule has 0 radical (unpaired) electrons. The fourth-order valence-electron chi connectivity index (χ4n) is 1.68. The first-order valence-electron chi connectivity index (χ1n) is 4.71. The number of hydrogen-bond acceptors (Lipinski definition) is 3. The first-order valence-corrected chi connectivity index (χ1v) is 4.71. The van der Waals surface area contributed by atoms with Gasteiger partial charge in [0.05, 0.1) is 12.5 Å². The molecule has 0 spiro atoms. The molecule has 0 N–H and O–H groups in total. The fourth-order valence-corrected chi connectivity index (χ4v) is 1.68. The van der Waals surface area contributed by atoms with Crippen LogP contribution in [-0.2, 0) is 0 Å². The van der Waals surface area contributed by atoms with Crippen molar-refractivity contribution in [3.8, 4) is 5.75 Å². The molecule has 1 aromatic heterocycles. The standard InChI is InChI=1S/C12H12O3/c1-7-4-5-9-11(8(7)2)15-10(6-13)12(9)14-3/h4-6H,1-3H3. The van der Waals surface area contributed by atoms with Gasteiger partial charge in [-0.3, -0.25) is 4.79 Å². The Morgan fingerprint density at radius 3 is 2.67 bits per heavy atom. The van der Waals surface area contributed by atoms with Gasteiger partial charge in [-0.1, -0.05) is 6.07 Å². The van der Waals surface area contributed by atoms with Crippen LogP contribution in [0.25, 0.3) is 11.0 Å². The number of furan rings is 1. The molecule has 78 valence electrons. The molecule has 0 saturated carbocycles. The Hall–Kier alpha value is -1.77. The van der Waals surface area contributed by atoms with E-state index in [1.807, 2.05) is 26.0 Å². The second-order valence-electron chi connectivity index (χ2n) is 3.50. The molecule has 0 aliphatic rings. The van der Waals surface area contributed by atoms with Crippen molar-refractivity contribution in [2.24, 2.45) is 0 Å².